The molecule has 3 amide bonds. The van der Waals surface area contributed by atoms with Gasteiger partial charge in [-0.25, -0.2) is 4.79 Å². The lowest BCUT2D eigenvalue weighted by Gasteiger charge is -2.34. The first kappa shape index (κ1) is 26.6. The zero-order valence-corrected chi connectivity index (χ0v) is 22.7. The number of fused-ring (bicyclic) bond motifs is 1. The van der Waals surface area contributed by atoms with E-state index in [4.69, 9.17) is 17.3 Å². The lowest BCUT2D eigenvalue weighted by molar-refractivity contribution is -0.119. The number of hydrogen-bond donors (Lipinski definition) is 2. The van der Waals surface area contributed by atoms with Crippen LogP contribution in [0.5, 0.6) is 0 Å². The molecular formula is C30H38ClN5O2. The second-order valence-corrected chi connectivity index (χ2v) is 11.2. The van der Waals surface area contributed by atoms with E-state index in [1.54, 1.807) is 0 Å². The third-order valence-corrected chi connectivity index (χ3v) is 8.39. The lowest BCUT2D eigenvalue weighted by Crippen LogP contribution is -2.47. The van der Waals surface area contributed by atoms with Crippen LogP contribution in [0.25, 0.3) is 17.8 Å². The summed E-state index contributed by atoms with van der Waals surface area (Å²) in [5.74, 6) is 0.585. The summed E-state index contributed by atoms with van der Waals surface area (Å²) in [5, 5.41) is 6.44. The Morgan fingerprint density at radius 1 is 1.00 bits per heavy atom. The fourth-order valence-corrected chi connectivity index (χ4v) is 6.10. The van der Waals surface area contributed by atoms with Crippen molar-refractivity contribution in [3.05, 3.63) is 63.8 Å². The lowest BCUT2D eigenvalue weighted by atomic mass is 9.90. The van der Waals surface area contributed by atoms with Gasteiger partial charge in [0.15, 0.2) is 0 Å². The monoisotopic (exact) mass is 535 g/mol. The Labute approximate surface area is 229 Å². The van der Waals surface area contributed by atoms with E-state index < -0.39 is 0 Å². The molecule has 2 aliphatic heterocycles. The highest BCUT2D eigenvalue weighted by Gasteiger charge is 2.27. The van der Waals surface area contributed by atoms with Crippen molar-refractivity contribution in [3.8, 4) is 5.69 Å². The molecule has 202 valence electrons. The number of rotatable bonds is 6. The average Bonchev–Trinajstić information content (AvgIpc) is 3.25. The summed E-state index contributed by atoms with van der Waals surface area (Å²) in [7, 11) is 0. The Bertz CT molecular complexity index is 1280. The zero-order valence-electron chi connectivity index (χ0n) is 21.9. The first-order valence-corrected chi connectivity index (χ1v) is 14.2. The van der Waals surface area contributed by atoms with Crippen LogP contribution in [-0.2, 0) is 4.79 Å². The minimum atomic E-state index is -0.277. The van der Waals surface area contributed by atoms with Gasteiger partial charge in [-0.3, -0.25) is 9.69 Å². The van der Waals surface area contributed by atoms with E-state index in [-0.39, 0.29) is 11.9 Å². The van der Waals surface area contributed by atoms with Crippen LogP contribution in [-0.4, -0.2) is 65.6 Å². The van der Waals surface area contributed by atoms with Crippen molar-refractivity contribution >= 4 is 35.7 Å². The molecule has 3 heterocycles. The van der Waals surface area contributed by atoms with Crippen LogP contribution in [0.15, 0.2) is 42.6 Å². The molecule has 3 N–H and O–H groups in total. The molecule has 2 fully saturated rings. The van der Waals surface area contributed by atoms with Crippen LogP contribution in [0.3, 0.4) is 0 Å². The molecule has 1 aromatic heterocycles. The minimum Gasteiger partial charge on any atom is -0.369 e. The normalized spacial score (nSPS) is 19.1. The number of nitrogens with zero attached hydrogens (tertiary/aromatic N) is 3. The maximum Gasteiger partial charge on any atom is 0.317 e. The van der Waals surface area contributed by atoms with Gasteiger partial charge in [0.2, 0.25) is 5.91 Å². The third kappa shape index (κ3) is 6.33. The first-order chi connectivity index (χ1) is 18.5. The van der Waals surface area contributed by atoms with Gasteiger partial charge in [0.25, 0.3) is 0 Å². The number of allylic oxidation sites excluding steroid dienone is 2. The Balaban J connectivity index is 1.21. The summed E-state index contributed by atoms with van der Waals surface area (Å²) >= 11 is 6.16. The predicted octanol–water partition coefficient (Wildman–Crippen LogP) is 3.13. The molecule has 7 nitrogen and oxygen atoms in total. The molecule has 8 heteroatoms. The van der Waals surface area contributed by atoms with Crippen LogP contribution in [0, 0.1) is 5.92 Å². The molecule has 0 unspecified atom stereocenters. The van der Waals surface area contributed by atoms with Crippen molar-refractivity contribution in [3.63, 3.8) is 0 Å². The third-order valence-electron chi connectivity index (χ3n) is 8.14. The molecule has 2 saturated heterocycles. The molecule has 0 atom stereocenters. The van der Waals surface area contributed by atoms with Gasteiger partial charge in [-0.15, -0.1) is 0 Å². The second kappa shape index (κ2) is 12.2. The summed E-state index contributed by atoms with van der Waals surface area (Å²) in [6.07, 6.45) is 17.2. The van der Waals surface area contributed by atoms with Crippen molar-refractivity contribution in [2.75, 3.05) is 39.3 Å². The van der Waals surface area contributed by atoms with E-state index in [1.165, 1.54) is 16.1 Å². The molecule has 1 aromatic carbocycles. The van der Waals surface area contributed by atoms with Crippen LogP contribution in [0.4, 0.5) is 4.79 Å². The highest BCUT2D eigenvalue weighted by molar-refractivity contribution is 6.30. The van der Waals surface area contributed by atoms with Crippen molar-refractivity contribution in [1.29, 1.82) is 0 Å². The summed E-state index contributed by atoms with van der Waals surface area (Å²) in [6, 6.07) is 8.07. The van der Waals surface area contributed by atoms with Gasteiger partial charge in [-0.2, -0.15) is 0 Å². The zero-order chi connectivity index (χ0) is 26.5. The van der Waals surface area contributed by atoms with Crippen LogP contribution >= 0.6 is 11.6 Å². The highest BCUT2D eigenvalue weighted by atomic mass is 35.5. The summed E-state index contributed by atoms with van der Waals surface area (Å²) < 4.78 is 2.30. The number of hydrogen-bond acceptors (Lipinski definition) is 3. The molecule has 0 saturated carbocycles. The molecule has 2 aromatic rings. The number of amides is 3. The highest BCUT2D eigenvalue weighted by Crippen LogP contribution is 2.27. The van der Waals surface area contributed by atoms with Crippen molar-refractivity contribution in [2.24, 2.45) is 11.7 Å². The fourth-order valence-electron chi connectivity index (χ4n) is 5.97. The summed E-state index contributed by atoms with van der Waals surface area (Å²) in [5.41, 5.74) is 7.79. The topological polar surface area (TPSA) is 83.6 Å². The molecule has 3 aliphatic rings. The Hall–Kier alpha value is -3.03. The van der Waals surface area contributed by atoms with Crippen molar-refractivity contribution in [2.45, 2.75) is 44.4 Å². The molecule has 0 bridgehead atoms. The van der Waals surface area contributed by atoms with E-state index in [9.17, 15) is 9.59 Å². The van der Waals surface area contributed by atoms with E-state index in [0.717, 1.165) is 75.4 Å². The largest absolute Gasteiger partial charge is 0.369 e. The number of halogens is 1. The van der Waals surface area contributed by atoms with Crippen LogP contribution in [0.1, 0.15) is 50.0 Å². The maximum absolute atomic E-state index is 12.9. The number of urea groups is 1. The second-order valence-electron chi connectivity index (χ2n) is 10.7. The Kier molecular flexibility index (Phi) is 8.55. The van der Waals surface area contributed by atoms with E-state index in [1.807, 2.05) is 17.0 Å². The Morgan fingerprint density at radius 3 is 2.45 bits per heavy atom. The number of benzene rings is 1. The van der Waals surface area contributed by atoms with Gasteiger partial charge in [0, 0.05) is 47.1 Å². The average molecular weight is 536 g/mol. The minimum absolute atomic E-state index is 0.0416. The number of piperidine rings is 2. The number of nitrogens with two attached hydrogens (primary N) is 1. The van der Waals surface area contributed by atoms with Gasteiger partial charge in [0.1, 0.15) is 0 Å². The summed E-state index contributed by atoms with van der Waals surface area (Å²) in [4.78, 5) is 28.1. The predicted molar refractivity (Wildman–Crippen MR) is 153 cm³/mol. The van der Waals surface area contributed by atoms with Crippen LogP contribution < -0.4 is 21.6 Å². The number of nitrogens with one attached hydrogen (secondary N) is 1. The van der Waals surface area contributed by atoms with Gasteiger partial charge >= 0.3 is 6.03 Å². The van der Waals surface area contributed by atoms with Crippen molar-refractivity contribution < 1.29 is 9.59 Å². The molecular weight excluding hydrogens is 498 g/mol. The van der Waals surface area contributed by atoms with Gasteiger partial charge in [-0.05, 0) is 93.3 Å². The van der Waals surface area contributed by atoms with Gasteiger partial charge in [-0.1, -0.05) is 35.9 Å². The number of aromatic nitrogens is 1. The smallest absolute Gasteiger partial charge is 0.317 e. The Morgan fingerprint density at radius 2 is 1.74 bits per heavy atom. The van der Waals surface area contributed by atoms with Gasteiger partial charge in [0.05, 0.1) is 6.54 Å². The molecule has 5 rings (SSSR count). The number of primary amides is 1. The number of carbonyl (C=O) groups is 2. The standard InChI is InChI=1S/C30H38ClN5O2/c31-24-7-9-25(10-8-24)36-20-27(26-5-3-1-2-4-6-28(26)36)23-13-17-35(18-14-23)30(38)33-19-22-11-15-34(16-12-22)21-29(32)37/h1,3,5-10,20,22-23H,2,4,11-19,21H2,(H2,32,37)(H,33,38). The van der Waals surface area contributed by atoms with Crippen LogP contribution in [0.2, 0.25) is 5.02 Å². The van der Waals surface area contributed by atoms with E-state index >= 15 is 0 Å². The number of carbonyl (C=O) groups excluding carboxylic acids is 2. The summed E-state index contributed by atoms with van der Waals surface area (Å²) in [6.45, 7) is 4.25. The molecule has 0 spiro atoms. The quantitative estimate of drug-likeness (QED) is 0.596. The molecule has 38 heavy (non-hydrogen) atoms. The van der Waals surface area contributed by atoms with E-state index in [0.29, 0.717) is 24.9 Å². The fraction of sp³-hybridized carbons (Fsp3) is 0.467. The SMILES string of the molecule is NC(=O)CN1CCC(CNC(=O)N2CCC(c3cn(-c4ccc(Cl)cc4)c4c3=CC=CCCC=4)CC2)CC1. The first-order valence-electron chi connectivity index (χ1n) is 13.9. The molecule has 0 radical (unpaired) electrons. The number of likely N-dealkylation sites (tertiary alicyclic amines) is 2. The maximum atomic E-state index is 12.9. The molecule has 1 aliphatic carbocycles. The van der Waals surface area contributed by atoms with Gasteiger partial charge < -0.3 is 20.5 Å². The van der Waals surface area contributed by atoms with E-state index in [2.05, 4.69) is 57.4 Å². The van der Waals surface area contributed by atoms with Crippen molar-refractivity contribution in [1.82, 2.24) is 19.7 Å².